The van der Waals surface area contributed by atoms with E-state index in [1.165, 1.54) is 0 Å². The molecule has 0 saturated heterocycles. The molecular formula is C18H31O4S2+. The van der Waals surface area contributed by atoms with Crippen LogP contribution in [0.15, 0.2) is 29.2 Å². The Morgan fingerprint density at radius 3 is 2.08 bits per heavy atom. The maximum absolute atomic E-state index is 12.7. The third-order valence-corrected chi connectivity index (χ3v) is 10.1. The van der Waals surface area contributed by atoms with Crippen molar-refractivity contribution in [3.63, 3.8) is 0 Å². The zero-order valence-electron chi connectivity index (χ0n) is 15.2. The van der Waals surface area contributed by atoms with E-state index in [4.69, 9.17) is 0 Å². The van der Waals surface area contributed by atoms with Gasteiger partial charge < -0.3 is 0 Å². The normalized spacial score (nSPS) is 13.0. The Morgan fingerprint density at radius 2 is 1.58 bits per heavy atom. The average molecular weight is 376 g/mol. The van der Waals surface area contributed by atoms with Crippen LogP contribution in [-0.4, -0.2) is 35.1 Å². The molecule has 0 spiro atoms. The molecule has 0 saturated carbocycles. The lowest BCUT2D eigenvalue weighted by Gasteiger charge is -2.31. The highest BCUT2D eigenvalue weighted by Gasteiger charge is 2.36. The number of Topliss-reactive ketones (excluding diaryl/α,β-unsaturated/α-hetero) is 1. The number of unbranched alkanes of at least 4 members (excludes halogenated alkanes) is 2. The highest BCUT2D eigenvalue weighted by atomic mass is 32.3. The Morgan fingerprint density at radius 1 is 1.00 bits per heavy atom. The topological polar surface area (TPSA) is 64.0 Å². The minimum absolute atomic E-state index is 0.144. The minimum atomic E-state index is -3.72. The number of carbonyl (C=O) groups excluding carboxylic acids is 1. The number of ketones is 1. The van der Waals surface area contributed by atoms with E-state index in [1.54, 1.807) is 24.3 Å². The first-order valence-electron chi connectivity index (χ1n) is 8.62. The quantitative estimate of drug-likeness (QED) is 0.320. The van der Waals surface area contributed by atoms with Gasteiger partial charge in [0.1, 0.15) is 10.7 Å². The summed E-state index contributed by atoms with van der Waals surface area (Å²) in [6, 6.07) is 6.72. The van der Waals surface area contributed by atoms with Crippen LogP contribution in [0.1, 0.15) is 52.0 Å². The van der Waals surface area contributed by atoms with Gasteiger partial charge in [-0.15, -0.1) is 8.42 Å². The second-order valence-corrected chi connectivity index (χ2v) is 11.5. The lowest BCUT2D eigenvalue weighted by Crippen LogP contribution is -2.26. The van der Waals surface area contributed by atoms with E-state index in [-0.39, 0.29) is 16.4 Å². The maximum atomic E-state index is 12.7. The molecule has 1 aromatic carbocycles. The van der Waals surface area contributed by atoms with E-state index in [0.717, 1.165) is 24.8 Å². The van der Waals surface area contributed by atoms with Crippen LogP contribution < -0.4 is 0 Å². The monoisotopic (exact) mass is 375 g/mol. The molecule has 6 heteroatoms. The highest BCUT2D eigenvalue weighted by Crippen LogP contribution is 2.48. The summed E-state index contributed by atoms with van der Waals surface area (Å²) in [6.07, 6.45) is 3.51. The van der Waals surface area contributed by atoms with Crippen LogP contribution in [0.5, 0.6) is 0 Å². The molecule has 1 rings (SSSR count). The van der Waals surface area contributed by atoms with Crippen LogP contribution in [0, 0.1) is 6.92 Å². The minimum Gasteiger partial charge on any atom is -0.299 e. The molecule has 24 heavy (non-hydrogen) atoms. The van der Waals surface area contributed by atoms with E-state index < -0.39 is 20.4 Å². The first-order valence-corrected chi connectivity index (χ1v) is 12.2. The molecule has 138 valence electrons. The Bertz CT molecular complexity index is 617. The number of rotatable bonds is 11. The van der Waals surface area contributed by atoms with Crippen LogP contribution in [0.3, 0.4) is 0 Å². The van der Waals surface area contributed by atoms with Crippen LogP contribution in [0.4, 0.5) is 0 Å². The fourth-order valence-electron chi connectivity index (χ4n) is 2.45. The number of benzene rings is 1. The third kappa shape index (κ3) is 6.22. The molecule has 0 radical (unpaired) electrons. The summed E-state index contributed by atoms with van der Waals surface area (Å²) in [6.45, 7) is 7.89. The van der Waals surface area contributed by atoms with Gasteiger partial charge in [0.2, 0.25) is 0 Å². The molecule has 0 heterocycles. The Balaban J connectivity index is 2.90. The van der Waals surface area contributed by atoms with Crippen LogP contribution in [0.25, 0.3) is 0 Å². The van der Waals surface area contributed by atoms with Crippen molar-refractivity contribution in [3.05, 3.63) is 29.8 Å². The molecule has 0 aliphatic rings. The molecule has 0 atom stereocenters. The number of hydrogen-bond donors (Lipinski definition) is 0. The molecule has 1 aromatic rings. The summed E-state index contributed by atoms with van der Waals surface area (Å²) >= 11 is 0. The van der Waals surface area contributed by atoms with Gasteiger partial charge in [-0.25, -0.2) is 0 Å². The Hall–Kier alpha value is -0.850. The standard InChI is InChI=1S/C18H30O4S2/c1-5-8-9-10-17(19)15-23(6-2,7-3)22-24(20,21)18-13-11-16(4)12-14-18/h11-14H,5-10,15H2,1-4H3/p+1. The van der Waals surface area contributed by atoms with E-state index in [2.05, 4.69) is 10.6 Å². The molecule has 4 nitrogen and oxygen atoms in total. The predicted molar refractivity (Wildman–Crippen MR) is 104 cm³/mol. The molecule has 0 aromatic heterocycles. The summed E-state index contributed by atoms with van der Waals surface area (Å²) in [5.74, 6) is 1.67. The van der Waals surface area contributed by atoms with Gasteiger partial charge in [-0.05, 0) is 35.8 Å². The Labute approximate surface area is 148 Å². The summed E-state index contributed by atoms with van der Waals surface area (Å²) in [5, 5.41) is 0. The molecule has 1 N–H and O–H groups in total. The maximum Gasteiger partial charge on any atom is 0.421 e. The summed E-state index contributed by atoms with van der Waals surface area (Å²) in [5.41, 5.74) is 1.00. The zero-order chi connectivity index (χ0) is 18.2. The third-order valence-electron chi connectivity index (χ3n) is 4.14. The van der Waals surface area contributed by atoms with Gasteiger partial charge in [-0.1, -0.05) is 51.3 Å². The van der Waals surface area contributed by atoms with E-state index in [9.17, 15) is 13.2 Å². The number of hydrogen-bond acceptors (Lipinski definition) is 3. The van der Waals surface area contributed by atoms with Gasteiger partial charge in [0, 0.05) is 17.9 Å². The van der Waals surface area contributed by atoms with Gasteiger partial charge in [-0.3, -0.25) is 8.42 Å². The largest absolute Gasteiger partial charge is 0.421 e. The lowest BCUT2D eigenvalue weighted by atomic mass is 10.2. The van der Waals surface area contributed by atoms with Crippen molar-refractivity contribution in [2.75, 3.05) is 17.3 Å². The second-order valence-electron chi connectivity index (χ2n) is 6.08. The first-order chi connectivity index (χ1) is 11.3. The summed E-state index contributed by atoms with van der Waals surface area (Å²) < 4.78 is 29.6. The Kier molecular flexibility index (Phi) is 8.46. The van der Waals surface area contributed by atoms with E-state index >= 15 is 0 Å². The van der Waals surface area contributed by atoms with Crippen molar-refractivity contribution in [2.45, 2.75) is 58.3 Å². The van der Waals surface area contributed by atoms with Crippen molar-refractivity contribution >= 4 is 26.2 Å². The lowest BCUT2D eigenvalue weighted by molar-refractivity contribution is -0.116. The average Bonchev–Trinajstić information content (AvgIpc) is 2.54. The molecule has 0 unspecified atom stereocenters. The molecule has 0 bridgehead atoms. The van der Waals surface area contributed by atoms with Crippen LogP contribution >= 0.6 is 10.3 Å². The van der Waals surface area contributed by atoms with Crippen molar-refractivity contribution in [3.8, 4) is 0 Å². The molecule has 0 aliphatic heterocycles. The van der Waals surface area contributed by atoms with Gasteiger partial charge >= 0.3 is 10.1 Å². The van der Waals surface area contributed by atoms with Crippen molar-refractivity contribution in [2.24, 2.45) is 0 Å². The molecule has 0 fully saturated rings. The van der Waals surface area contributed by atoms with Crippen molar-refractivity contribution in [1.82, 2.24) is 0 Å². The van der Waals surface area contributed by atoms with Gasteiger partial charge in [0.15, 0.2) is 0 Å². The summed E-state index contributed by atoms with van der Waals surface area (Å²) in [7, 11) is -5.56. The van der Waals surface area contributed by atoms with Crippen LogP contribution in [0.2, 0.25) is 0 Å². The molecule has 0 aliphatic carbocycles. The fraction of sp³-hybridized carbons (Fsp3) is 0.611. The fourth-order valence-corrected chi connectivity index (χ4v) is 7.55. The van der Waals surface area contributed by atoms with Gasteiger partial charge in [0.05, 0.1) is 5.75 Å². The molecular weight excluding hydrogens is 344 g/mol. The second kappa shape index (κ2) is 9.59. The van der Waals surface area contributed by atoms with Gasteiger partial charge in [-0.2, -0.15) is 0 Å². The van der Waals surface area contributed by atoms with Crippen molar-refractivity contribution in [1.29, 1.82) is 0 Å². The smallest absolute Gasteiger partial charge is 0.299 e. The number of carbonyl (C=O) groups is 1. The van der Waals surface area contributed by atoms with Crippen molar-refractivity contribution < 1.29 is 16.8 Å². The summed E-state index contributed by atoms with van der Waals surface area (Å²) in [4.78, 5) is 12.5. The first kappa shape index (κ1) is 21.2. The SMILES string of the molecule is CCCCCC(=O)CS(CC)(CC)[OH+]S(=O)(=O)c1ccc(C)cc1. The highest BCUT2D eigenvalue weighted by molar-refractivity contribution is 8.32. The van der Waals surface area contributed by atoms with E-state index in [1.807, 2.05) is 20.8 Å². The van der Waals surface area contributed by atoms with Crippen LogP contribution in [-0.2, 0) is 14.9 Å². The molecule has 0 amide bonds. The predicted octanol–water partition coefficient (Wildman–Crippen LogP) is 4.69. The number of aryl methyl sites for hydroxylation is 1. The van der Waals surface area contributed by atoms with E-state index in [0.29, 0.717) is 17.9 Å². The van der Waals surface area contributed by atoms with Gasteiger partial charge in [0.25, 0.3) is 0 Å². The zero-order valence-corrected chi connectivity index (χ0v) is 16.9.